The molecule has 0 bridgehead atoms. The Bertz CT molecular complexity index is 1150. The molecule has 0 radical (unpaired) electrons. The van der Waals surface area contributed by atoms with Crippen molar-refractivity contribution in [2.24, 2.45) is 0 Å². The van der Waals surface area contributed by atoms with Crippen LogP contribution in [0.25, 0.3) is 10.9 Å². The van der Waals surface area contributed by atoms with E-state index in [2.05, 4.69) is 10.3 Å². The highest BCUT2D eigenvalue weighted by Gasteiger charge is 2.30. The van der Waals surface area contributed by atoms with Crippen molar-refractivity contribution in [2.75, 3.05) is 26.2 Å². The number of H-pyrrole nitrogens is 1. The van der Waals surface area contributed by atoms with Crippen molar-refractivity contribution < 1.29 is 18.8 Å². The van der Waals surface area contributed by atoms with Crippen molar-refractivity contribution in [3.63, 3.8) is 0 Å². The minimum atomic E-state index is -0.697. The number of nitrogens with one attached hydrogen (secondary N) is 2. The van der Waals surface area contributed by atoms with Crippen LogP contribution in [-0.4, -0.2) is 64.7 Å². The molecule has 32 heavy (non-hydrogen) atoms. The van der Waals surface area contributed by atoms with Crippen LogP contribution in [0.1, 0.15) is 22.8 Å². The van der Waals surface area contributed by atoms with E-state index in [1.165, 1.54) is 25.1 Å². The number of nitrogens with zero attached hydrogens (tertiary/aromatic N) is 2. The summed E-state index contributed by atoms with van der Waals surface area (Å²) in [6.07, 6.45) is 2.23. The second kappa shape index (κ2) is 9.21. The van der Waals surface area contributed by atoms with Gasteiger partial charge < -0.3 is 20.1 Å². The fraction of sp³-hybridized carbons (Fsp3) is 0.292. The third-order valence-corrected chi connectivity index (χ3v) is 5.72. The molecule has 2 heterocycles. The minimum absolute atomic E-state index is 0.177. The fourth-order valence-electron chi connectivity index (χ4n) is 4.12. The Morgan fingerprint density at radius 3 is 2.47 bits per heavy atom. The number of hydrogen-bond acceptors (Lipinski definition) is 3. The lowest BCUT2D eigenvalue weighted by Crippen LogP contribution is -2.56. The molecule has 2 N–H and O–H groups in total. The number of aromatic nitrogens is 1. The first-order valence-electron chi connectivity index (χ1n) is 10.6. The molecule has 3 amide bonds. The van der Waals surface area contributed by atoms with E-state index in [0.717, 1.165) is 16.5 Å². The number of carbonyl (C=O) groups is 3. The van der Waals surface area contributed by atoms with E-state index >= 15 is 0 Å². The number of piperazine rings is 1. The zero-order valence-electron chi connectivity index (χ0n) is 17.8. The highest BCUT2D eigenvalue weighted by Crippen LogP contribution is 2.20. The largest absolute Gasteiger partial charge is 0.361 e. The number of para-hydroxylation sites is 1. The van der Waals surface area contributed by atoms with Crippen LogP contribution in [0.5, 0.6) is 0 Å². The van der Waals surface area contributed by atoms with Gasteiger partial charge in [0.25, 0.3) is 5.91 Å². The van der Waals surface area contributed by atoms with Gasteiger partial charge in [-0.2, -0.15) is 0 Å². The number of amides is 3. The Kier molecular flexibility index (Phi) is 6.20. The van der Waals surface area contributed by atoms with Crippen molar-refractivity contribution in [2.45, 2.75) is 19.4 Å². The SMILES string of the molecule is CC(=O)NC(Cc1c[nH]c2ccccc12)C(=O)N1CCN(C(=O)c2cccc(F)c2)CC1. The quantitative estimate of drug-likeness (QED) is 0.644. The normalized spacial score (nSPS) is 14.9. The van der Waals surface area contributed by atoms with Crippen molar-refractivity contribution in [3.05, 3.63) is 71.7 Å². The molecular formula is C24H25FN4O3. The van der Waals surface area contributed by atoms with Gasteiger partial charge in [0.15, 0.2) is 0 Å². The molecule has 1 aliphatic rings. The molecule has 0 spiro atoms. The van der Waals surface area contributed by atoms with E-state index in [-0.39, 0.29) is 17.7 Å². The van der Waals surface area contributed by atoms with Crippen LogP contribution in [-0.2, 0) is 16.0 Å². The van der Waals surface area contributed by atoms with Crippen molar-refractivity contribution in [3.8, 4) is 0 Å². The molecule has 4 rings (SSSR count). The van der Waals surface area contributed by atoms with Crippen LogP contribution in [0.2, 0.25) is 0 Å². The molecular weight excluding hydrogens is 411 g/mol. The van der Waals surface area contributed by atoms with Crippen LogP contribution in [0.3, 0.4) is 0 Å². The number of rotatable bonds is 5. The summed E-state index contributed by atoms with van der Waals surface area (Å²) in [4.78, 5) is 44.1. The van der Waals surface area contributed by atoms with Crippen LogP contribution >= 0.6 is 0 Å². The monoisotopic (exact) mass is 436 g/mol. The highest BCUT2D eigenvalue weighted by molar-refractivity contribution is 5.94. The smallest absolute Gasteiger partial charge is 0.254 e. The number of hydrogen-bond donors (Lipinski definition) is 2. The zero-order chi connectivity index (χ0) is 22.7. The Hall–Kier alpha value is -3.68. The summed E-state index contributed by atoms with van der Waals surface area (Å²) in [5, 5.41) is 3.79. The van der Waals surface area contributed by atoms with E-state index in [1.807, 2.05) is 30.5 Å². The zero-order valence-corrected chi connectivity index (χ0v) is 17.8. The number of fused-ring (bicyclic) bond motifs is 1. The lowest BCUT2D eigenvalue weighted by molar-refractivity contribution is -0.137. The number of benzene rings is 2. The van der Waals surface area contributed by atoms with Gasteiger partial charge in [0, 0.05) is 62.2 Å². The molecule has 0 aliphatic carbocycles. The summed E-state index contributed by atoms with van der Waals surface area (Å²) < 4.78 is 13.4. The van der Waals surface area contributed by atoms with Crippen LogP contribution < -0.4 is 5.32 Å². The number of halogens is 1. The van der Waals surface area contributed by atoms with Gasteiger partial charge in [-0.25, -0.2) is 4.39 Å². The van der Waals surface area contributed by atoms with E-state index in [1.54, 1.807) is 15.9 Å². The molecule has 1 atom stereocenters. The van der Waals surface area contributed by atoms with Gasteiger partial charge in [-0.1, -0.05) is 24.3 Å². The third kappa shape index (κ3) is 4.64. The van der Waals surface area contributed by atoms with E-state index in [0.29, 0.717) is 38.2 Å². The Labute approximate surface area is 185 Å². The summed E-state index contributed by atoms with van der Waals surface area (Å²) in [5.74, 6) is -1.17. The predicted molar refractivity (Wildman–Crippen MR) is 118 cm³/mol. The Morgan fingerprint density at radius 1 is 1.03 bits per heavy atom. The Balaban J connectivity index is 1.43. The van der Waals surface area contributed by atoms with Crippen molar-refractivity contribution in [1.29, 1.82) is 0 Å². The molecule has 166 valence electrons. The molecule has 3 aromatic rings. The van der Waals surface area contributed by atoms with Crippen LogP contribution in [0.15, 0.2) is 54.7 Å². The molecule has 7 nitrogen and oxygen atoms in total. The molecule has 1 aliphatic heterocycles. The van der Waals surface area contributed by atoms with E-state index < -0.39 is 11.9 Å². The summed E-state index contributed by atoms with van der Waals surface area (Å²) in [5.41, 5.74) is 2.22. The van der Waals surface area contributed by atoms with Gasteiger partial charge in [0.05, 0.1) is 0 Å². The second-order valence-electron chi connectivity index (χ2n) is 7.94. The van der Waals surface area contributed by atoms with Gasteiger partial charge in [0.1, 0.15) is 11.9 Å². The van der Waals surface area contributed by atoms with Crippen molar-refractivity contribution >= 4 is 28.6 Å². The molecule has 0 saturated carbocycles. The number of carbonyl (C=O) groups excluding carboxylic acids is 3. The summed E-state index contributed by atoms with van der Waals surface area (Å²) in [6, 6.07) is 12.7. The van der Waals surface area contributed by atoms with E-state index in [4.69, 9.17) is 0 Å². The molecule has 1 fully saturated rings. The predicted octanol–water partition coefficient (Wildman–Crippen LogP) is 2.34. The topological polar surface area (TPSA) is 85.5 Å². The maximum Gasteiger partial charge on any atom is 0.254 e. The van der Waals surface area contributed by atoms with Crippen LogP contribution in [0.4, 0.5) is 4.39 Å². The summed E-state index contributed by atoms with van der Waals surface area (Å²) in [7, 11) is 0. The van der Waals surface area contributed by atoms with Gasteiger partial charge in [-0.15, -0.1) is 0 Å². The van der Waals surface area contributed by atoms with Crippen molar-refractivity contribution in [1.82, 2.24) is 20.1 Å². The molecule has 1 unspecified atom stereocenters. The standard InChI is InChI=1S/C24H25FN4O3/c1-16(30)27-22(14-18-15-26-21-8-3-2-7-20(18)21)24(32)29-11-9-28(10-12-29)23(31)17-5-4-6-19(25)13-17/h2-8,13,15,22,26H,9-12,14H2,1H3,(H,27,30). The molecule has 1 aromatic heterocycles. The first kappa shape index (κ1) is 21.5. The van der Waals surface area contributed by atoms with Gasteiger partial charge >= 0.3 is 0 Å². The first-order chi connectivity index (χ1) is 15.4. The maximum atomic E-state index is 13.4. The van der Waals surface area contributed by atoms with Gasteiger partial charge in [-0.3, -0.25) is 14.4 Å². The van der Waals surface area contributed by atoms with Crippen LogP contribution in [0, 0.1) is 5.82 Å². The average molecular weight is 436 g/mol. The highest BCUT2D eigenvalue weighted by atomic mass is 19.1. The molecule has 2 aromatic carbocycles. The molecule has 8 heteroatoms. The van der Waals surface area contributed by atoms with Gasteiger partial charge in [0.2, 0.25) is 11.8 Å². The first-order valence-corrected chi connectivity index (χ1v) is 10.6. The summed E-state index contributed by atoms with van der Waals surface area (Å²) in [6.45, 7) is 2.79. The second-order valence-corrected chi connectivity index (χ2v) is 7.94. The lowest BCUT2D eigenvalue weighted by atomic mass is 10.0. The lowest BCUT2D eigenvalue weighted by Gasteiger charge is -2.36. The maximum absolute atomic E-state index is 13.4. The fourth-order valence-corrected chi connectivity index (χ4v) is 4.12. The average Bonchev–Trinajstić information content (AvgIpc) is 3.20. The van der Waals surface area contributed by atoms with E-state index in [9.17, 15) is 18.8 Å². The number of aromatic amines is 1. The van der Waals surface area contributed by atoms with Gasteiger partial charge in [-0.05, 0) is 29.8 Å². The summed E-state index contributed by atoms with van der Waals surface area (Å²) >= 11 is 0. The molecule has 1 saturated heterocycles. The Morgan fingerprint density at radius 2 is 1.75 bits per heavy atom. The third-order valence-electron chi connectivity index (χ3n) is 5.72. The minimum Gasteiger partial charge on any atom is -0.361 e.